The molecule has 1 aliphatic carbocycles. The van der Waals surface area contributed by atoms with E-state index in [1.54, 1.807) is 13.8 Å². The summed E-state index contributed by atoms with van der Waals surface area (Å²) in [4.78, 5) is 23.9. The molecule has 6 nitrogen and oxygen atoms in total. The number of carbonyl (C=O) groups excluding carboxylic acids is 2. The van der Waals surface area contributed by atoms with E-state index in [-0.39, 0.29) is 13.2 Å². The number of esters is 2. The standard InChI is InChI=1S/C14H22O6/c1-3-17-12(15)10-11(13(16)18-4-2)20-14(19-10)8-6-5-7-9-14/h10-11H,3-9H2,1-2H3/t10-,11+. The minimum atomic E-state index is -1.02. The van der Waals surface area contributed by atoms with Gasteiger partial charge in [-0.25, -0.2) is 9.59 Å². The molecule has 2 rings (SSSR count). The monoisotopic (exact) mass is 286 g/mol. The highest BCUT2D eigenvalue weighted by Gasteiger charge is 2.54. The summed E-state index contributed by atoms with van der Waals surface area (Å²) in [7, 11) is 0. The minimum Gasteiger partial charge on any atom is -0.464 e. The predicted molar refractivity (Wildman–Crippen MR) is 68.8 cm³/mol. The maximum Gasteiger partial charge on any atom is 0.338 e. The first kappa shape index (κ1) is 15.3. The molecule has 0 aromatic rings. The topological polar surface area (TPSA) is 71.1 Å². The third-order valence-corrected chi connectivity index (χ3v) is 3.61. The van der Waals surface area contributed by atoms with Gasteiger partial charge in [0.05, 0.1) is 13.2 Å². The van der Waals surface area contributed by atoms with E-state index in [1.165, 1.54) is 0 Å². The molecular formula is C14H22O6. The van der Waals surface area contributed by atoms with Crippen LogP contribution in [0.4, 0.5) is 0 Å². The third kappa shape index (κ3) is 3.12. The largest absolute Gasteiger partial charge is 0.464 e. The van der Waals surface area contributed by atoms with Crippen molar-refractivity contribution in [3.05, 3.63) is 0 Å². The van der Waals surface area contributed by atoms with E-state index in [9.17, 15) is 9.59 Å². The average molecular weight is 286 g/mol. The van der Waals surface area contributed by atoms with E-state index >= 15 is 0 Å². The zero-order valence-corrected chi connectivity index (χ0v) is 12.1. The molecule has 6 heteroatoms. The maximum atomic E-state index is 12.0. The van der Waals surface area contributed by atoms with Crippen molar-refractivity contribution in [3.63, 3.8) is 0 Å². The van der Waals surface area contributed by atoms with Gasteiger partial charge < -0.3 is 18.9 Å². The van der Waals surface area contributed by atoms with Crippen molar-refractivity contribution in [1.82, 2.24) is 0 Å². The number of rotatable bonds is 4. The van der Waals surface area contributed by atoms with Crippen LogP contribution < -0.4 is 0 Å². The fraction of sp³-hybridized carbons (Fsp3) is 0.857. The molecule has 0 aromatic carbocycles. The predicted octanol–water partition coefficient (Wildman–Crippen LogP) is 1.56. The van der Waals surface area contributed by atoms with Crippen molar-refractivity contribution in [2.75, 3.05) is 13.2 Å². The molecule has 2 atom stereocenters. The van der Waals surface area contributed by atoms with Crippen molar-refractivity contribution in [1.29, 1.82) is 0 Å². The summed E-state index contributed by atoms with van der Waals surface area (Å²) in [5.74, 6) is -1.95. The summed E-state index contributed by atoms with van der Waals surface area (Å²) in [6, 6.07) is 0. The Morgan fingerprint density at radius 2 is 1.40 bits per heavy atom. The first-order valence-corrected chi connectivity index (χ1v) is 7.31. The van der Waals surface area contributed by atoms with Crippen LogP contribution >= 0.6 is 0 Å². The van der Waals surface area contributed by atoms with E-state index < -0.39 is 29.9 Å². The van der Waals surface area contributed by atoms with Crippen LogP contribution in [0, 0.1) is 0 Å². The Kier molecular flexibility index (Phi) is 4.99. The van der Waals surface area contributed by atoms with Crippen LogP contribution in [0.1, 0.15) is 46.0 Å². The van der Waals surface area contributed by atoms with Crippen molar-refractivity contribution in [3.8, 4) is 0 Å². The van der Waals surface area contributed by atoms with E-state index in [0.717, 1.165) is 19.3 Å². The van der Waals surface area contributed by atoms with E-state index in [4.69, 9.17) is 18.9 Å². The first-order valence-electron chi connectivity index (χ1n) is 7.31. The molecule has 1 spiro atoms. The molecule has 1 saturated heterocycles. The highest BCUT2D eigenvalue weighted by atomic mass is 16.8. The molecule has 0 amide bonds. The normalized spacial score (nSPS) is 28.3. The Morgan fingerprint density at radius 3 is 1.80 bits per heavy atom. The van der Waals surface area contributed by atoms with E-state index in [0.29, 0.717) is 12.8 Å². The smallest absolute Gasteiger partial charge is 0.338 e. The quantitative estimate of drug-likeness (QED) is 0.730. The average Bonchev–Trinajstić information content (AvgIpc) is 2.80. The summed E-state index contributed by atoms with van der Waals surface area (Å²) in [5, 5.41) is 0. The fourth-order valence-corrected chi connectivity index (χ4v) is 2.73. The van der Waals surface area contributed by atoms with Gasteiger partial charge in [-0.15, -0.1) is 0 Å². The van der Waals surface area contributed by atoms with Crippen LogP contribution in [-0.4, -0.2) is 43.1 Å². The van der Waals surface area contributed by atoms with E-state index in [2.05, 4.69) is 0 Å². The highest BCUT2D eigenvalue weighted by molar-refractivity contribution is 5.86. The van der Waals surface area contributed by atoms with E-state index in [1.807, 2.05) is 0 Å². The Bertz CT molecular complexity index is 333. The molecular weight excluding hydrogens is 264 g/mol. The van der Waals surface area contributed by atoms with Crippen molar-refractivity contribution in [2.24, 2.45) is 0 Å². The maximum absolute atomic E-state index is 12.0. The molecule has 0 radical (unpaired) electrons. The Labute approximate surface area is 118 Å². The number of hydrogen-bond donors (Lipinski definition) is 0. The molecule has 0 bridgehead atoms. The number of carbonyl (C=O) groups is 2. The summed E-state index contributed by atoms with van der Waals surface area (Å²) < 4.78 is 21.5. The Morgan fingerprint density at radius 1 is 0.950 bits per heavy atom. The second kappa shape index (κ2) is 6.54. The second-order valence-electron chi connectivity index (χ2n) is 5.05. The summed E-state index contributed by atoms with van der Waals surface area (Å²) in [6.45, 7) is 3.90. The molecule has 0 unspecified atom stereocenters. The van der Waals surface area contributed by atoms with Crippen LogP contribution in [0.15, 0.2) is 0 Å². The third-order valence-electron chi connectivity index (χ3n) is 3.61. The van der Waals surface area contributed by atoms with Crippen LogP contribution in [0.5, 0.6) is 0 Å². The van der Waals surface area contributed by atoms with Crippen molar-refractivity contribution >= 4 is 11.9 Å². The molecule has 1 aliphatic heterocycles. The Hall–Kier alpha value is -1.14. The lowest BCUT2D eigenvalue weighted by molar-refractivity contribution is -0.203. The van der Waals surface area contributed by atoms with Gasteiger partial charge in [0.2, 0.25) is 0 Å². The van der Waals surface area contributed by atoms with Gasteiger partial charge in [0, 0.05) is 12.8 Å². The van der Waals surface area contributed by atoms with Crippen molar-refractivity contribution in [2.45, 2.75) is 63.9 Å². The molecule has 0 N–H and O–H groups in total. The first-order chi connectivity index (χ1) is 9.62. The van der Waals surface area contributed by atoms with Crippen LogP contribution in [-0.2, 0) is 28.5 Å². The number of ether oxygens (including phenoxy) is 4. The van der Waals surface area contributed by atoms with Gasteiger partial charge in [0.1, 0.15) is 0 Å². The second-order valence-corrected chi connectivity index (χ2v) is 5.05. The van der Waals surface area contributed by atoms with Gasteiger partial charge in [-0.05, 0) is 26.7 Å². The molecule has 1 saturated carbocycles. The van der Waals surface area contributed by atoms with Gasteiger partial charge in [-0.3, -0.25) is 0 Å². The zero-order valence-electron chi connectivity index (χ0n) is 12.1. The molecule has 2 aliphatic rings. The van der Waals surface area contributed by atoms with Gasteiger partial charge in [0.15, 0.2) is 18.0 Å². The highest BCUT2D eigenvalue weighted by Crippen LogP contribution is 2.41. The summed E-state index contributed by atoms with van der Waals surface area (Å²) >= 11 is 0. The zero-order chi connectivity index (χ0) is 14.6. The van der Waals surface area contributed by atoms with Crippen molar-refractivity contribution < 1.29 is 28.5 Å². The fourth-order valence-electron chi connectivity index (χ4n) is 2.73. The molecule has 20 heavy (non-hydrogen) atoms. The lowest BCUT2D eigenvalue weighted by Crippen LogP contribution is -2.39. The molecule has 0 aromatic heterocycles. The van der Waals surface area contributed by atoms with Crippen LogP contribution in [0.2, 0.25) is 0 Å². The number of hydrogen-bond acceptors (Lipinski definition) is 6. The lowest BCUT2D eigenvalue weighted by atomic mass is 9.94. The summed E-state index contributed by atoms with van der Waals surface area (Å²) in [5.41, 5.74) is 0. The Balaban J connectivity index is 2.13. The molecule has 1 heterocycles. The summed E-state index contributed by atoms with van der Waals surface area (Å²) in [6.07, 6.45) is 2.38. The van der Waals surface area contributed by atoms with Crippen LogP contribution in [0.3, 0.4) is 0 Å². The minimum absolute atomic E-state index is 0.237. The van der Waals surface area contributed by atoms with Gasteiger partial charge >= 0.3 is 11.9 Å². The SMILES string of the molecule is CCOC(=O)[C@H]1OC2(CCCCC2)O[C@H]1C(=O)OCC. The lowest BCUT2D eigenvalue weighted by Gasteiger charge is -2.31. The van der Waals surface area contributed by atoms with Gasteiger partial charge in [0.25, 0.3) is 0 Å². The van der Waals surface area contributed by atoms with Crippen LogP contribution in [0.25, 0.3) is 0 Å². The van der Waals surface area contributed by atoms with Gasteiger partial charge in [-0.1, -0.05) is 6.42 Å². The van der Waals surface area contributed by atoms with Gasteiger partial charge in [-0.2, -0.15) is 0 Å². The molecule has 2 fully saturated rings. The molecule has 114 valence electrons.